The van der Waals surface area contributed by atoms with Gasteiger partial charge in [-0.2, -0.15) is 5.10 Å². The quantitative estimate of drug-likeness (QED) is 0.716. The third-order valence-electron chi connectivity index (χ3n) is 1.70. The Hall–Kier alpha value is -1.71. The van der Waals surface area contributed by atoms with Crippen molar-refractivity contribution in [2.75, 3.05) is 0 Å². The Morgan fingerprint density at radius 2 is 1.93 bits per heavy atom. The van der Waals surface area contributed by atoms with E-state index in [9.17, 15) is 0 Å². The van der Waals surface area contributed by atoms with Crippen molar-refractivity contribution < 1.29 is 0 Å². The Kier molecular flexibility index (Phi) is 3.97. The minimum Gasteiger partial charge on any atom is -0.220 e. The molecule has 0 spiro atoms. The molecule has 2 aromatic heterocycles. The molecule has 0 aliphatic carbocycles. The molecule has 2 heterocycles. The van der Waals surface area contributed by atoms with Crippen molar-refractivity contribution >= 4 is 0 Å². The van der Waals surface area contributed by atoms with E-state index in [1.165, 1.54) is 0 Å². The van der Waals surface area contributed by atoms with Crippen LogP contribution >= 0.6 is 0 Å². The van der Waals surface area contributed by atoms with Crippen LogP contribution in [0.2, 0.25) is 0 Å². The number of nitrogens with zero attached hydrogens (tertiary/aromatic N) is 4. The molecule has 0 N–H and O–H groups in total. The number of rotatable bonds is 1. The van der Waals surface area contributed by atoms with E-state index in [4.69, 9.17) is 0 Å². The monoisotopic (exact) mass is 204 g/mol. The van der Waals surface area contributed by atoms with Gasteiger partial charge in [0, 0.05) is 18.1 Å². The minimum atomic E-state index is 0.619. The van der Waals surface area contributed by atoms with E-state index >= 15 is 0 Å². The van der Waals surface area contributed by atoms with Crippen molar-refractivity contribution in [3.63, 3.8) is 0 Å². The maximum absolute atomic E-state index is 4.25. The van der Waals surface area contributed by atoms with E-state index in [2.05, 4.69) is 15.1 Å². The number of aromatic nitrogens is 4. The first-order valence-corrected chi connectivity index (χ1v) is 5.07. The molecule has 0 bridgehead atoms. The number of hydrogen-bond acceptors (Lipinski definition) is 3. The highest BCUT2D eigenvalue weighted by Gasteiger charge is 1.99. The van der Waals surface area contributed by atoms with Crippen molar-refractivity contribution in [2.24, 2.45) is 0 Å². The molecule has 4 heteroatoms. The maximum Gasteiger partial charge on any atom is 0.250 e. The molecular formula is C11H16N4. The third kappa shape index (κ3) is 2.87. The molecule has 0 aliphatic heterocycles. The first kappa shape index (κ1) is 11.4. The van der Waals surface area contributed by atoms with Gasteiger partial charge in [-0.25, -0.2) is 14.6 Å². The standard InChI is InChI=1S/C9H10N4.C2H6/c1-7-5-11-13(6-7)9-10-4-3-8(2)12-9;1-2/h3-6H,1-2H3;1-2H3. The molecule has 0 atom stereocenters. The van der Waals surface area contributed by atoms with Crippen molar-refractivity contribution in [1.82, 2.24) is 19.7 Å². The largest absolute Gasteiger partial charge is 0.250 e. The first-order chi connectivity index (χ1) is 7.25. The van der Waals surface area contributed by atoms with Gasteiger partial charge in [0.2, 0.25) is 0 Å². The number of hydrogen-bond donors (Lipinski definition) is 0. The fraction of sp³-hybridized carbons (Fsp3) is 0.364. The molecule has 0 unspecified atom stereocenters. The molecule has 0 aliphatic rings. The van der Waals surface area contributed by atoms with E-state index in [-0.39, 0.29) is 0 Å². The van der Waals surface area contributed by atoms with Gasteiger partial charge < -0.3 is 0 Å². The van der Waals surface area contributed by atoms with Crippen molar-refractivity contribution in [1.29, 1.82) is 0 Å². The average molecular weight is 204 g/mol. The van der Waals surface area contributed by atoms with E-state index in [1.54, 1.807) is 17.1 Å². The molecule has 0 radical (unpaired) electrons. The summed E-state index contributed by atoms with van der Waals surface area (Å²) in [6.45, 7) is 7.92. The van der Waals surface area contributed by atoms with Gasteiger partial charge in [-0.1, -0.05) is 13.8 Å². The summed E-state index contributed by atoms with van der Waals surface area (Å²) < 4.78 is 1.67. The van der Waals surface area contributed by atoms with E-state index in [1.807, 2.05) is 40.0 Å². The van der Waals surface area contributed by atoms with Gasteiger partial charge in [0.05, 0.1) is 6.20 Å². The second-order valence-electron chi connectivity index (χ2n) is 2.96. The molecule has 2 rings (SSSR count). The lowest BCUT2D eigenvalue weighted by Crippen LogP contribution is -2.01. The van der Waals surface area contributed by atoms with E-state index in [0.717, 1.165) is 11.3 Å². The van der Waals surface area contributed by atoms with Crippen LogP contribution in [0.15, 0.2) is 24.7 Å². The van der Waals surface area contributed by atoms with Gasteiger partial charge in [0.25, 0.3) is 5.95 Å². The molecule has 4 nitrogen and oxygen atoms in total. The lowest BCUT2D eigenvalue weighted by Gasteiger charge is -1.98. The topological polar surface area (TPSA) is 43.6 Å². The fourth-order valence-corrected chi connectivity index (χ4v) is 1.07. The zero-order valence-electron chi connectivity index (χ0n) is 9.60. The van der Waals surface area contributed by atoms with Gasteiger partial charge in [0.1, 0.15) is 0 Å². The van der Waals surface area contributed by atoms with Gasteiger partial charge in [-0.15, -0.1) is 0 Å². The SMILES string of the molecule is CC.Cc1cnn(-c2nccc(C)n2)c1. The summed E-state index contributed by atoms with van der Waals surface area (Å²) in [7, 11) is 0. The van der Waals surface area contributed by atoms with Crippen LogP contribution in [0.4, 0.5) is 0 Å². The Labute approximate surface area is 90.0 Å². The molecule has 0 fully saturated rings. The number of aryl methyl sites for hydroxylation is 2. The average Bonchev–Trinajstić information content (AvgIpc) is 2.68. The van der Waals surface area contributed by atoms with Crippen LogP contribution in [0.25, 0.3) is 5.95 Å². The lowest BCUT2D eigenvalue weighted by molar-refractivity contribution is 0.801. The Bertz CT molecular complexity index is 420. The Balaban J connectivity index is 0.000000531. The zero-order valence-corrected chi connectivity index (χ0v) is 9.60. The smallest absolute Gasteiger partial charge is 0.220 e. The molecule has 0 amide bonds. The van der Waals surface area contributed by atoms with Crippen molar-refractivity contribution in [3.05, 3.63) is 35.9 Å². The normalized spacial score (nSPS) is 9.33. The zero-order chi connectivity index (χ0) is 11.3. The predicted molar refractivity (Wildman–Crippen MR) is 60.0 cm³/mol. The van der Waals surface area contributed by atoms with Crippen LogP contribution in [0.3, 0.4) is 0 Å². The molecule has 2 aromatic rings. The summed E-state index contributed by atoms with van der Waals surface area (Å²) in [6.07, 6.45) is 5.41. The van der Waals surface area contributed by atoms with Crippen LogP contribution < -0.4 is 0 Å². The Morgan fingerprint density at radius 3 is 2.47 bits per heavy atom. The summed E-state index contributed by atoms with van der Waals surface area (Å²) in [6, 6.07) is 1.86. The van der Waals surface area contributed by atoms with Crippen LogP contribution in [0.1, 0.15) is 25.1 Å². The summed E-state index contributed by atoms with van der Waals surface area (Å²) in [5, 5.41) is 4.12. The molecule has 80 valence electrons. The van der Waals surface area contributed by atoms with Gasteiger partial charge in [0.15, 0.2) is 0 Å². The predicted octanol–water partition coefficient (Wildman–Crippen LogP) is 2.31. The maximum atomic E-state index is 4.25. The molecule has 15 heavy (non-hydrogen) atoms. The van der Waals surface area contributed by atoms with E-state index < -0.39 is 0 Å². The summed E-state index contributed by atoms with van der Waals surface area (Å²) in [4.78, 5) is 8.36. The van der Waals surface area contributed by atoms with Gasteiger partial charge in [-0.3, -0.25) is 0 Å². The summed E-state index contributed by atoms with van der Waals surface area (Å²) in [5.41, 5.74) is 2.04. The first-order valence-electron chi connectivity index (χ1n) is 5.07. The highest BCUT2D eigenvalue weighted by molar-refractivity contribution is 5.14. The highest BCUT2D eigenvalue weighted by atomic mass is 15.3. The second-order valence-corrected chi connectivity index (χ2v) is 2.96. The van der Waals surface area contributed by atoms with Gasteiger partial charge >= 0.3 is 0 Å². The minimum absolute atomic E-state index is 0.619. The lowest BCUT2D eigenvalue weighted by atomic mass is 10.4. The van der Waals surface area contributed by atoms with Crippen LogP contribution in [-0.2, 0) is 0 Å². The van der Waals surface area contributed by atoms with Crippen LogP contribution in [0.5, 0.6) is 0 Å². The summed E-state index contributed by atoms with van der Waals surface area (Å²) >= 11 is 0. The molecule has 0 saturated carbocycles. The summed E-state index contributed by atoms with van der Waals surface area (Å²) in [5.74, 6) is 0.619. The Morgan fingerprint density at radius 1 is 1.20 bits per heavy atom. The fourth-order valence-electron chi connectivity index (χ4n) is 1.07. The van der Waals surface area contributed by atoms with Crippen molar-refractivity contribution in [2.45, 2.75) is 27.7 Å². The highest BCUT2D eigenvalue weighted by Crippen LogP contribution is 2.01. The van der Waals surface area contributed by atoms with E-state index in [0.29, 0.717) is 5.95 Å². The van der Waals surface area contributed by atoms with Crippen LogP contribution in [-0.4, -0.2) is 19.7 Å². The van der Waals surface area contributed by atoms with Crippen molar-refractivity contribution in [3.8, 4) is 5.95 Å². The molecule has 0 aromatic carbocycles. The molecule has 0 saturated heterocycles. The van der Waals surface area contributed by atoms with Gasteiger partial charge in [-0.05, 0) is 25.5 Å². The second kappa shape index (κ2) is 5.24. The van der Waals surface area contributed by atoms with Crippen LogP contribution in [0, 0.1) is 13.8 Å². The third-order valence-corrected chi connectivity index (χ3v) is 1.70. The molecular weight excluding hydrogens is 188 g/mol.